The van der Waals surface area contributed by atoms with Crippen molar-refractivity contribution in [2.45, 2.75) is 45.6 Å². The minimum Gasteiger partial charge on any atom is -0.474 e. The Morgan fingerprint density at radius 1 is 1.47 bits per heavy atom. The molecule has 1 aromatic rings. The molecule has 2 unspecified atom stereocenters. The first-order valence-electron chi connectivity index (χ1n) is 6.29. The Labute approximate surface area is 102 Å². The van der Waals surface area contributed by atoms with Crippen LogP contribution in [0.2, 0.25) is 0 Å². The third kappa shape index (κ3) is 3.05. The van der Waals surface area contributed by atoms with E-state index in [2.05, 4.69) is 11.9 Å². The number of aromatic nitrogens is 1. The molecular weight excluding hydrogens is 214 g/mol. The first kappa shape index (κ1) is 12.1. The van der Waals surface area contributed by atoms with Crippen molar-refractivity contribution in [3.63, 3.8) is 0 Å². The lowest BCUT2D eigenvalue weighted by molar-refractivity contribution is 0.0987. The van der Waals surface area contributed by atoms with E-state index >= 15 is 0 Å². The summed E-state index contributed by atoms with van der Waals surface area (Å²) in [6, 6.07) is 3.55. The summed E-state index contributed by atoms with van der Waals surface area (Å²) in [7, 11) is 0. The van der Waals surface area contributed by atoms with E-state index in [1.54, 1.807) is 25.3 Å². The Morgan fingerprint density at radius 2 is 2.29 bits per heavy atom. The fourth-order valence-corrected chi connectivity index (χ4v) is 2.40. The van der Waals surface area contributed by atoms with Gasteiger partial charge < -0.3 is 4.74 Å². The maximum absolute atomic E-state index is 11.5. The Morgan fingerprint density at radius 3 is 3.00 bits per heavy atom. The van der Waals surface area contributed by atoms with Crippen LogP contribution in [0, 0.1) is 5.92 Å². The number of nitrogens with zero attached hydrogens (tertiary/aromatic N) is 1. The van der Waals surface area contributed by atoms with Crippen molar-refractivity contribution in [2.75, 3.05) is 0 Å². The molecule has 92 valence electrons. The van der Waals surface area contributed by atoms with Crippen LogP contribution in [0.4, 0.5) is 0 Å². The fourth-order valence-electron chi connectivity index (χ4n) is 2.40. The normalized spacial score (nSPS) is 24.4. The van der Waals surface area contributed by atoms with Crippen LogP contribution in [0.25, 0.3) is 0 Å². The van der Waals surface area contributed by atoms with Crippen molar-refractivity contribution in [3.8, 4) is 5.88 Å². The molecule has 2 rings (SSSR count). The number of rotatable bonds is 3. The molecular formula is C14H19NO2. The van der Waals surface area contributed by atoms with E-state index in [9.17, 15) is 4.79 Å². The first-order chi connectivity index (χ1) is 8.16. The van der Waals surface area contributed by atoms with Crippen molar-refractivity contribution in [1.29, 1.82) is 0 Å². The molecule has 17 heavy (non-hydrogen) atoms. The second-order valence-electron chi connectivity index (χ2n) is 4.92. The number of ketones is 1. The summed E-state index contributed by atoms with van der Waals surface area (Å²) in [4.78, 5) is 15.6. The van der Waals surface area contributed by atoms with E-state index < -0.39 is 0 Å². The van der Waals surface area contributed by atoms with E-state index in [1.807, 2.05) is 0 Å². The van der Waals surface area contributed by atoms with Gasteiger partial charge in [0.2, 0.25) is 5.88 Å². The lowest BCUT2D eigenvalue weighted by atomic mass is 9.89. The third-order valence-electron chi connectivity index (χ3n) is 3.32. The highest BCUT2D eigenvalue weighted by molar-refractivity contribution is 5.96. The number of pyridine rings is 1. The third-order valence-corrected chi connectivity index (χ3v) is 3.32. The Bertz CT molecular complexity index is 403. The molecule has 1 heterocycles. The number of carbonyl (C=O) groups excluding carboxylic acids is 1. The summed E-state index contributed by atoms with van der Waals surface area (Å²) >= 11 is 0. The van der Waals surface area contributed by atoms with Crippen LogP contribution in [-0.2, 0) is 0 Å². The van der Waals surface area contributed by atoms with Gasteiger partial charge in [-0.25, -0.2) is 4.98 Å². The van der Waals surface area contributed by atoms with Crippen molar-refractivity contribution in [3.05, 3.63) is 23.9 Å². The highest BCUT2D eigenvalue weighted by atomic mass is 16.5. The van der Waals surface area contributed by atoms with Crippen LogP contribution in [0.15, 0.2) is 18.3 Å². The molecule has 0 bridgehead atoms. The molecule has 0 saturated heterocycles. The molecule has 0 N–H and O–H groups in total. The van der Waals surface area contributed by atoms with Crippen molar-refractivity contribution < 1.29 is 9.53 Å². The quantitative estimate of drug-likeness (QED) is 0.752. The minimum absolute atomic E-state index is 0.0111. The smallest absolute Gasteiger partial charge is 0.224 e. The van der Waals surface area contributed by atoms with E-state index in [0.717, 1.165) is 12.8 Å². The monoisotopic (exact) mass is 233 g/mol. The highest BCUT2D eigenvalue weighted by Crippen LogP contribution is 2.27. The lowest BCUT2D eigenvalue weighted by Crippen LogP contribution is -2.25. The maximum Gasteiger partial charge on any atom is 0.224 e. The molecule has 3 heteroatoms. The standard InChI is InChI=1S/C14H19NO2/c1-10-5-3-6-12(9-10)17-14-13(11(2)16)7-4-8-15-14/h4,7-8,10,12H,3,5-6,9H2,1-2H3. The van der Waals surface area contributed by atoms with Crippen LogP contribution in [-0.4, -0.2) is 16.9 Å². The van der Waals surface area contributed by atoms with Crippen molar-refractivity contribution in [1.82, 2.24) is 4.98 Å². The summed E-state index contributed by atoms with van der Waals surface area (Å²) in [6.07, 6.45) is 6.50. The zero-order valence-corrected chi connectivity index (χ0v) is 10.5. The average molecular weight is 233 g/mol. The average Bonchev–Trinajstić information content (AvgIpc) is 2.29. The van der Waals surface area contributed by atoms with Gasteiger partial charge in [0.15, 0.2) is 5.78 Å². The Balaban J connectivity index is 2.10. The molecule has 0 spiro atoms. The van der Waals surface area contributed by atoms with Gasteiger partial charge in [-0.05, 0) is 44.2 Å². The van der Waals surface area contributed by atoms with Gasteiger partial charge in [0.1, 0.15) is 6.10 Å². The molecule has 3 nitrogen and oxygen atoms in total. The van der Waals surface area contributed by atoms with E-state index in [-0.39, 0.29) is 11.9 Å². The van der Waals surface area contributed by atoms with Crippen LogP contribution in [0.3, 0.4) is 0 Å². The second-order valence-corrected chi connectivity index (χ2v) is 4.92. The predicted molar refractivity (Wildman–Crippen MR) is 66.3 cm³/mol. The van der Waals surface area contributed by atoms with Crippen LogP contribution < -0.4 is 4.74 Å². The SMILES string of the molecule is CC(=O)c1cccnc1OC1CCCC(C)C1. The highest BCUT2D eigenvalue weighted by Gasteiger charge is 2.22. The zero-order valence-electron chi connectivity index (χ0n) is 10.5. The molecule has 1 aliphatic carbocycles. The largest absolute Gasteiger partial charge is 0.474 e. The molecule has 0 aromatic carbocycles. The van der Waals surface area contributed by atoms with Crippen molar-refractivity contribution >= 4 is 5.78 Å². The zero-order chi connectivity index (χ0) is 12.3. The first-order valence-corrected chi connectivity index (χ1v) is 6.29. The number of hydrogen-bond donors (Lipinski definition) is 0. The van der Waals surface area contributed by atoms with Gasteiger partial charge in [0.25, 0.3) is 0 Å². The molecule has 1 aromatic heterocycles. The van der Waals surface area contributed by atoms with Gasteiger partial charge in [-0.2, -0.15) is 0 Å². The minimum atomic E-state index is 0.0111. The molecule has 0 radical (unpaired) electrons. The summed E-state index contributed by atoms with van der Waals surface area (Å²) in [5.41, 5.74) is 0.589. The van der Waals surface area contributed by atoms with Gasteiger partial charge in [-0.15, -0.1) is 0 Å². The summed E-state index contributed by atoms with van der Waals surface area (Å²) < 4.78 is 5.89. The fraction of sp³-hybridized carbons (Fsp3) is 0.571. The van der Waals surface area contributed by atoms with Gasteiger partial charge in [-0.1, -0.05) is 13.3 Å². The molecule has 0 aliphatic heterocycles. The molecule has 0 amide bonds. The van der Waals surface area contributed by atoms with E-state index in [1.165, 1.54) is 12.8 Å². The molecule has 1 saturated carbocycles. The van der Waals surface area contributed by atoms with Gasteiger partial charge in [-0.3, -0.25) is 4.79 Å². The van der Waals surface area contributed by atoms with Crippen LogP contribution in [0.5, 0.6) is 5.88 Å². The molecule has 1 aliphatic rings. The van der Waals surface area contributed by atoms with E-state index in [4.69, 9.17) is 4.74 Å². The summed E-state index contributed by atoms with van der Waals surface area (Å²) in [5.74, 6) is 1.22. The number of hydrogen-bond acceptors (Lipinski definition) is 3. The van der Waals surface area contributed by atoms with Crippen LogP contribution >= 0.6 is 0 Å². The number of Topliss-reactive ketones (excluding diaryl/α,β-unsaturated/α-hetero) is 1. The Kier molecular flexibility index (Phi) is 3.77. The topological polar surface area (TPSA) is 39.2 Å². The number of carbonyl (C=O) groups is 1. The van der Waals surface area contributed by atoms with E-state index in [0.29, 0.717) is 17.4 Å². The van der Waals surface area contributed by atoms with Gasteiger partial charge in [0, 0.05) is 6.20 Å². The summed E-state index contributed by atoms with van der Waals surface area (Å²) in [6.45, 7) is 3.80. The predicted octanol–water partition coefficient (Wildman–Crippen LogP) is 3.24. The molecule has 1 fully saturated rings. The second kappa shape index (κ2) is 5.30. The molecule has 2 atom stereocenters. The lowest BCUT2D eigenvalue weighted by Gasteiger charge is -2.27. The van der Waals surface area contributed by atoms with Crippen LogP contribution in [0.1, 0.15) is 49.9 Å². The maximum atomic E-state index is 11.5. The van der Waals surface area contributed by atoms with Crippen molar-refractivity contribution in [2.24, 2.45) is 5.92 Å². The summed E-state index contributed by atoms with van der Waals surface area (Å²) in [5, 5.41) is 0. The Hall–Kier alpha value is -1.38. The number of ether oxygens (including phenoxy) is 1. The van der Waals surface area contributed by atoms with Gasteiger partial charge in [0.05, 0.1) is 5.56 Å². The van der Waals surface area contributed by atoms with Gasteiger partial charge >= 0.3 is 0 Å².